The van der Waals surface area contributed by atoms with Crippen molar-refractivity contribution in [2.45, 2.75) is 51.9 Å². The number of carbonyl (C=O) groups excluding carboxylic acids is 3. The normalized spacial score (nSPS) is 23.8. The molecule has 0 unspecified atom stereocenters. The minimum atomic E-state index is -1.30. The van der Waals surface area contributed by atoms with Crippen LogP contribution in [0.3, 0.4) is 0 Å². The first-order valence-electron chi connectivity index (χ1n) is 8.46. The van der Waals surface area contributed by atoms with E-state index < -0.39 is 42.6 Å². The molecule has 2 aromatic heterocycles. The molecule has 4 atom stereocenters. The third-order valence-corrected chi connectivity index (χ3v) is 4.66. The van der Waals surface area contributed by atoms with E-state index in [9.17, 15) is 14.4 Å². The average Bonchev–Trinajstić information content (AvgIpc) is 3.17. The summed E-state index contributed by atoms with van der Waals surface area (Å²) in [4.78, 5) is 47.6. The maximum Gasteiger partial charge on any atom is 0.307 e. The van der Waals surface area contributed by atoms with E-state index in [-0.39, 0.29) is 11.6 Å². The second-order valence-electron chi connectivity index (χ2n) is 5.99. The quantitative estimate of drug-likeness (QED) is 0.182. The Morgan fingerprint density at radius 3 is 2.45 bits per heavy atom. The zero-order valence-electron chi connectivity index (χ0n) is 15.5. The Kier molecular flexibility index (Phi) is 6.53. The van der Waals surface area contributed by atoms with Crippen molar-refractivity contribution in [3.05, 3.63) is 15.3 Å². The van der Waals surface area contributed by atoms with Crippen molar-refractivity contribution in [3.63, 3.8) is 0 Å². The average molecular weight is 539 g/mol. The van der Waals surface area contributed by atoms with E-state index in [1.165, 1.54) is 24.7 Å². The van der Waals surface area contributed by atoms with Crippen molar-refractivity contribution in [2.75, 3.05) is 0 Å². The fraction of sp³-hybridized carbons (Fsp3) is 0.500. The van der Waals surface area contributed by atoms with Gasteiger partial charge < -0.3 is 18.9 Å². The Hall–Kier alpha value is -2.06. The molecule has 1 saturated heterocycles. The fourth-order valence-corrected chi connectivity index (χ4v) is 3.64. The Morgan fingerprint density at radius 1 is 1.17 bits per heavy atom. The molecule has 13 heteroatoms. The predicted molar refractivity (Wildman–Crippen MR) is 104 cm³/mol. The number of fused-ring (bicyclic) bond motifs is 1. The minimum Gasteiger partial charge on any atom is -0.453 e. The Balaban J connectivity index is 2.06. The topological polar surface area (TPSA) is 132 Å². The standard InChI is InChI=1S/C16H16ClIN4O7/c1-4-8(25)28-15-11(27-7(3)24)10(26-6(2)23)14(29-15)22-5-19-9-12(17)20-16(18)21-13(9)22/h5,10-11,14-15H,4H2,1-3H3/t10-,11-,14-,15+/m1/s1. The molecule has 0 bridgehead atoms. The van der Waals surface area contributed by atoms with Crippen LogP contribution in [-0.2, 0) is 33.3 Å². The maximum atomic E-state index is 11.8. The Bertz CT molecular complexity index is 968. The van der Waals surface area contributed by atoms with Gasteiger partial charge in [0.15, 0.2) is 27.0 Å². The van der Waals surface area contributed by atoms with Gasteiger partial charge in [0.05, 0.1) is 6.33 Å². The number of carbonyl (C=O) groups is 3. The number of nitrogens with zero attached hydrogens (tertiary/aromatic N) is 4. The third-order valence-electron chi connectivity index (χ3n) is 3.91. The van der Waals surface area contributed by atoms with Gasteiger partial charge in [-0.25, -0.2) is 15.0 Å². The molecule has 0 N–H and O–H groups in total. The van der Waals surface area contributed by atoms with E-state index in [4.69, 9.17) is 30.5 Å². The molecule has 3 heterocycles. The minimum absolute atomic E-state index is 0.0740. The zero-order chi connectivity index (χ0) is 21.3. The smallest absolute Gasteiger partial charge is 0.307 e. The van der Waals surface area contributed by atoms with Crippen molar-refractivity contribution in [3.8, 4) is 0 Å². The van der Waals surface area contributed by atoms with Crippen molar-refractivity contribution in [1.29, 1.82) is 0 Å². The molecule has 2 aromatic rings. The first-order valence-corrected chi connectivity index (χ1v) is 9.91. The lowest BCUT2D eigenvalue weighted by molar-refractivity contribution is -0.200. The lowest BCUT2D eigenvalue weighted by atomic mass is 10.2. The predicted octanol–water partition coefficient (Wildman–Crippen LogP) is 1.76. The molecule has 0 spiro atoms. The number of esters is 3. The van der Waals surface area contributed by atoms with Crippen LogP contribution in [0.5, 0.6) is 0 Å². The molecule has 29 heavy (non-hydrogen) atoms. The van der Waals surface area contributed by atoms with Crippen LogP contribution in [0.4, 0.5) is 0 Å². The molecular formula is C16H16ClIN4O7. The van der Waals surface area contributed by atoms with Crippen LogP contribution in [0.15, 0.2) is 6.33 Å². The number of aromatic nitrogens is 4. The molecule has 1 aliphatic rings. The van der Waals surface area contributed by atoms with Crippen molar-refractivity contribution in [2.24, 2.45) is 0 Å². The summed E-state index contributed by atoms with van der Waals surface area (Å²) in [7, 11) is 0. The molecule has 0 radical (unpaired) electrons. The van der Waals surface area contributed by atoms with Gasteiger partial charge in [0, 0.05) is 42.9 Å². The summed E-state index contributed by atoms with van der Waals surface area (Å²) >= 11 is 8.01. The van der Waals surface area contributed by atoms with E-state index >= 15 is 0 Å². The number of ether oxygens (including phenoxy) is 4. The molecule has 156 valence electrons. The van der Waals surface area contributed by atoms with Gasteiger partial charge >= 0.3 is 17.9 Å². The van der Waals surface area contributed by atoms with Gasteiger partial charge in [-0.05, 0) is 0 Å². The summed E-state index contributed by atoms with van der Waals surface area (Å²) in [5.74, 6) is -1.89. The monoisotopic (exact) mass is 538 g/mol. The van der Waals surface area contributed by atoms with Gasteiger partial charge in [-0.1, -0.05) is 18.5 Å². The first-order chi connectivity index (χ1) is 13.7. The second kappa shape index (κ2) is 8.75. The van der Waals surface area contributed by atoms with Crippen LogP contribution in [0, 0.1) is 3.83 Å². The van der Waals surface area contributed by atoms with Crippen molar-refractivity contribution < 1.29 is 33.3 Å². The van der Waals surface area contributed by atoms with E-state index in [1.54, 1.807) is 6.92 Å². The molecule has 0 aliphatic carbocycles. The summed E-state index contributed by atoms with van der Waals surface area (Å²) in [5, 5.41) is 0.130. The SMILES string of the molecule is CCC(=O)O[C@H]1O[C@@H](n2cnc3c(Cl)nc(I)nc32)[C@H](OC(C)=O)[C@H]1OC(C)=O. The van der Waals surface area contributed by atoms with Crippen molar-refractivity contribution >= 4 is 63.3 Å². The van der Waals surface area contributed by atoms with Gasteiger partial charge in [-0.3, -0.25) is 19.0 Å². The number of hydrogen-bond donors (Lipinski definition) is 0. The van der Waals surface area contributed by atoms with E-state index in [0.29, 0.717) is 15.0 Å². The Morgan fingerprint density at radius 2 is 1.83 bits per heavy atom. The number of rotatable bonds is 5. The van der Waals surface area contributed by atoms with Gasteiger partial charge in [0.25, 0.3) is 0 Å². The lowest BCUT2D eigenvalue weighted by Crippen LogP contribution is -2.40. The summed E-state index contributed by atoms with van der Waals surface area (Å²) in [6.45, 7) is 3.98. The second-order valence-corrected chi connectivity index (χ2v) is 7.32. The van der Waals surface area contributed by atoms with Gasteiger partial charge in [-0.2, -0.15) is 0 Å². The van der Waals surface area contributed by atoms with Gasteiger partial charge in [-0.15, -0.1) is 0 Å². The number of hydrogen-bond acceptors (Lipinski definition) is 10. The van der Waals surface area contributed by atoms with Crippen molar-refractivity contribution in [1.82, 2.24) is 19.5 Å². The highest BCUT2D eigenvalue weighted by Gasteiger charge is 2.52. The van der Waals surface area contributed by atoms with Crippen LogP contribution < -0.4 is 0 Å². The lowest BCUT2D eigenvalue weighted by Gasteiger charge is -2.23. The molecule has 1 aliphatic heterocycles. The highest BCUT2D eigenvalue weighted by Crippen LogP contribution is 2.37. The summed E-state index contributed by atoms with van der Waals surface area (Å²) in [5.41, 5.74) is 0.607. The van der Waals surface area contributed by atoms with Crippen LogP contribution in [0.2, 0.25) is 5.15 Å². The summed E-state index contributed by atoms with van der Waals surface area (Å²) < 4.78 is 23.5. The van der Waals surface area contributed by atoms with E-state index in [1.807, 2.05) is 22.6 Å². The molecule has 0 amide bonds. The van der Waals surface area contributed by atoms with Crippen LogP contribution in [-0.4, -0.2) is 55.9 Å². The van der Waals surface area contributed by atoms with Crippen LogP contribution >= 0.6 is 34.2 Å². The zero-order valence-corrected chi connectivity index (χ0v) is 18.4. The highest BCUT2D eigenvalue weighted by atomic mass is 127. The molecule has 11 nitrogen and oxygen atoms in total. The van der Waals surface area contributed by atoms with Crippen LogP contribution in [0.25, 0.3) is 11.2 Å². The molecule has 0 saturated carbocycles. The number of halogens is 2. The third kappa shape index (κ3) is 4.59. The van der Waals surface area contributed by atoms with E-state index in [2.05, 4.69) is 15.0 Å². The fourth-order valence-electron chi connectivity index (χ4n) is 2.82. The highest BCUT2D eigenvalue weighted by molar-refractivity contribution is 14.1. The first kappa shape index (κ1) is 21.6. The Labute approximate surface area is 183 Å². The molecule has 0 aromatic carbocycles. The van der Waals surface area contributed by atoms with Crippen LogP contribution in [0.1, 0.15) is 33.4 Å². The molecule has 1 fully saturated rings. The summed E-state index contributed by atoms with van der Waals surface area (Å²) in [6.07, 6.45) is -3.22. The maximum absolute atomic E-state index is 11.8. The largest absolute Gasteiger partial charge is 0.453 e. The molecular weight excluding hydrogens is 523 g/mol. The van der Waals surface area contributed by atoms with Gasteiger partial charge in [0.1, 0.15) is 5.52 Å². The number of imidazole rings is 1. The van der Waals surface area contributed by atoms with Gasteiger partial charge in [0.2, 0.25) is 12.4 Å². The molecule has 3 rings (SSSR count). The summed E-state index contributed by atoms with van der Waals surface area (Å²) in [6, 6.07) is 0. The van der Waals surface area contributed by atoms with E-state index in [0.717, 1.165) is 0 Å².